The number of hydrogen-bond donors (Lipinski definition) is 3. The van der Waals surface area contributed by atoms with E-state index >= 15 is 0 Å². The van der Waals surface area contributed by atoms with Crippen LogP contribution in [-0.2, 0) is 6.54 Å². The van der Waals surface area contributed by atoms with E-state index in [-0.39, 0.29) is 0 Å². The molecule has 0 saturated heterocycles. The molecule has 0 amide bonds. The zero-order valence-corrected chi connectivity index (χ0v) is 16.0. The van der Waals surface area contributed by atoms with E-state index in [4.69, 9.17) is 9.72 Å². The summed E-state index contributed by atoms with van der Waals surface area (Å²) in [6, 6.07) is 12.0. The first kappa shape index (κ1) is 17.3. The SMILES string of the molecule is COc1ccc2[nH]nc(-c3nc4ccc(NCCCn5ccnc5)cc4[nH]3)c2c1. The lowest BCUT2D eigenvalue weighted by Crippen LogP contribution is -2.05. The first-order valence-corrected chi connectivity index (χ1v) is 9.52. The Hall–Kier alpha value is -3.81. The van der Waals surface area contributed by atoms with Gasteiger partial charge >= 0.3 is 0 Å². The molecular weight excluding hydrogens is 366 g/mol. The van der Waals surface area contributed by atoms with E-state index in [9.17, 15) is 0 Å². The third-order valence-corrected chi connectivity index (χ3v) is 4.96. The average molecular weight is 387 g/mol. The highest BCUT2D eigenvalue weighted by molar-refractivity contribution is 5.94. The molecule has 29 heavy (non-hydrogen) atoms. The molecule has 146 valence electrons. The molecule has 2 aromatic carbocycles. The van der Waals surface area contributed by atoms with E-state index in [1.165, 1.54) is 0 Å². The summed E-state index contributed by atoms with van der Waals surface area (Å²) in [7, 11) is 1.66. The van der Waals surface area contributed by atoms with Crippen molar-refractivity contribution in [3.05, 3.63) is 55.1 Å². The van der Waals surface area contributed by atoms with Crippen LogP contribution in [-0.4, -0.2) is 43.4 Å². The molecule has 0 atom stereocenters. The summed E-state index contributed by atoms with van der Waals surface area (Å²) in [5.41, 5.74) is 4.67. The molecule has 8 nitrogen and oxygen atoms in total. The number of nitrogens with zero attached hydrogens (tertiary/aromatic N) is 4. The molecule has 3 N–H and O–H groups in total. The maximum absolute atomic E-state index is 5.34. The Morgan fingerprint density at radius 2 is 2.10 bits per heavy atom. The third kappa shape index (κ3) is 3.40. The second kappa shape index (κ2) is 7.31. The van der Waals surface area contributed by atoms with Crippen molar-refractivity contribution in [3.63, 3.8) is 0 Å². The van der Waals surface area contributed by atoms with Gasteiger partial charge in [0.2, 0.25) is 0 Å². The number of hydrogen-bond acceptors (Lipinski definition) is 5. The van der Waals surface area contributed by atoms with Gasteiger partial charge in [-0.05, 0) is 42.8 Å². The van der Waals surface area contributed by atoms with Gasteiger partial charge in [0.1, 0.15) is 11.4 Å². The topological polar surface area (TPSA) is 96.4 Å². The molecule has 0 aliphatic heterocycles. The van der Waals surface area contributed by atoms with Crippen molar-refractivity contribution in [2.24, 2.45) is 0 Å². The molecule has 0 spiro atoms. The molecule has 0 aliphatic carbocycles. The van der Waals surface area contributed by atoms with Gasteiger partial charge < -0.3 is 19.6 Å². The van der Waals surface area contributed by atoms with E-state index in [0.29, 0.717) is 0 Å². The number of ether oxygens (including phenoxy) is 1. The van der Waals surface area contributed by atoms with Crippen LogP contribution in [0.4, 0.5) is 5.69 Å². The second-order valence-electron chi connectivity index (χ2n) is 6.88. The smallest absolute Gasteiger partial charge is 0.159 e. The van der Waals surface area contributed by atoms with Crippen molar-refractivity contribution in [3.8, 4) is 17.3 Å². The minimum absolute atomic E-state index is 0.733. The predicted octanol–water partition coefficient (Wildman–Crippen LogP) is 3.81. The van der Waals surface area contributed by atoms with Gasteiger partial charge in [-0.1, -0.05) is 0 Å². The Bertz CT molecular complexity index is 1250. The van der Waals surface area contributed by atoms with E-state index in [2.05, 4.69) is 42.2 Å². The predicted molar refractivity (Wildman–Crippen MR) is 113 cm³/mol. The number of aromatic amines is 2. The summed E-state index contributed by atoms with van der Waals surface area (Å²) in [5, 5.41) is 11.9. The summed E-state index contributed by atoms with van der Waals surface area (Å²) < 4.78 is 7.42. The Balaban J connectivity index is 1.35. The number of imidazole rings is 2. The Labute approximate surface area is 166 Å². The minimum Gasteiger partial charge on any atom is -0.497 e. The molecular formula is C21H21N7O. The van der Waals surface area contributed by atoms with E-state index in [0.717, 1.165) is 64.4 Å². The number of aromatic nitrogens is 6. The van der Waals surface area contributed by atoms with Gasteiger partial charge in [-0.2, -0.15) is 5.10 Å². The largest absolute Gasteiger partial charge is 0.497 e. The summed E-state index contributed by atoms with van der Waals surface area (Å²) in [6.45, 7) is 1.83. The maximum atomic E-state index is 5.34. The van der Waals surface area contributed by atoms with Crippen molar-refractivity contribution < 1.29 is 4.74 Å². The second-order valence-corrected chi connectivity index (χ2v) is 6.88. The molecule has 0 fully saturated rings. The fourth-order valence-corrected chi connectivity index (χ4v) is 3.45. The van der Waals surface area contributed by atoms with Crippen LogP contribution >= 0.6 is 0 Å². The van der Waals surface area contributed by atoms with Crippen LogP contribution in [0.15, 0.2) is 55.1 Å². The Morgan fingerprint density at radius 3 is 2.97 bits per heavy atom. The monoisotopic (exact) mass is 387 g/mol. The van der Waals surface area contributed by atoms with Gasteiger partial charge in [-0.15, -0.1) is 0 Å². The van der Waals surface area contributed by atoms with Crippen molar-refractivity contribution in [1.82, 2.24) is 29.7 Å². The third-order valence-electron chi connectivity index (χ3n) is 4.96. The van der Waals surface area contributed by atoms with Gasteiger partial charge in [0, 0.05) is 36.6 Å². The van der Waals surface area contributed by atoms with Gasteiger partial charge in [-0.3, -0.25) is 5.10 Å². The highest BCUT2D eigenvalue weighted by Gasteiger charge is 2.13. The van der Waals surface area contributed by atoms with Crippen molar-refractivity contribution in [2.75, 3.05) is 19.0 Å². The van der Waals surface area contributed by atoms with Crippen molar-refractivity contribution in [2.45, 2.75) is 13.0 Å². The van der Waals surface area contributed by atoms with Crippen molar-refractivity contribution in [1.29, 1.82) is 0 Å². The lowest BCUT2D eigenvalue weighted by atomic mass is 10.2. The number of benzene rings is 2. The van der Waals surface area contributed by atoms with Gasteiger partial charge in [0.15, 0.2) is 5.82 Å². The Morgan fingerprint density at radius 1 is 1.14 bits per heavy atom. The maximum Gasteiger partial charge on any atom is 0.159 e. The van der Waals surface area contributed by atoms with E-state index in [1.807, 2.05) is 36.8 Å². The van der Waals surface area contributed by atoms with Crippen LogP contribution in [0.1, 0.15) is 6.42 Å². The molecule has 5 rings (SSSR count). The molecule has 5 aromatic rings. The number of nitrogens with one attached hydrogen (secondary N) is 3. The molecule has 8 heteroatoms. The summed E-state index contributed by atoms with van der Waals surface area (Å²) in [4.78, 5) is 12.2. The highest BCUT2D eigenvalue weighted by atomic mass is 16.5. The van der Waals surface area contributed by atoms with Crippen LogP contribution in [0.3, 0.4) is 0 Å². The minimum atomic E-state index is 0.733. The van der Waals surface area contributed by atoms with Crippen LogP contribution in [0.25, 0.3) is 33.5 Å². The number of methoxy groups -OCH3 is 1. The molecule has 0 bridgehead atoms. The molecule has 0 aliphatic rings. The average Bonchev–Trinajstić information content (AvgIpc) is 3.49. The van der Waals surface area contributed by atoms with Gasteiger partial charge in [0.25, 0.3) is 0 Å². The number of aryl methyl sites for hydroxylation is 1. The summed E-state index contributed by atoms with van der Waals surface area (Å²) in [6.07, 6.45) is 6.64. The fourth-order valence-electron chi connectivity index (χ4n) is 3.45. The first-order chi connectivity index (χ1) is 14.3. The van der Waals surface area contributed by atoms with Crippen LogP contribution < -0.4 is 10.1 Å². The lowest BCUT2D eigenvalue weighted by molar-refractivity contribution is 0.415. The zero-order chi connectivity index (χ0) is 19.6. The molecule has 0 saturated carbocycles. The molecule has 3 aromatic heterocycles. The van der Waals surface area contributed by atoms with Crippen LogP contribution in [0.2, 0.25) is 0 Å². The van der Waals surface area contributed by atoms with E-state index in [1.54, 1.807) is 13.3 Å². The van der Waals surface area contributed by atoms with E-state index < -0.39 is 0 Å². The quantitative estimate of drug-likeness (QED) is 0.369. The van der Waals surface area contributed by atoms with Crippen molar-refractivity contribution >= 4 is 27.6 Å². The normalized spacial score (nSPS) is 11.3. The number of anilines is 1. The number of fused-ring (bicyclic) bond motifs is 2. The fraction of sp³-hybridized carbons (Fsp3) is 0.190. The highest BCUT2D eigenvalue weighted by Crippen LogP contribution is 2.29. The van der Waals surface area contributed by atoms with Crippen LogP contribution in [0.5, 0.6) is 5.75 Å². The summed E-state index contributed by atoms with van der Waals surface area (Å²) in [5.74, 6) is 1.52. The standard InChI is InChI=1S/C21H21N7O/c1-29-15-4-6-17-16(12-15)20(27-26-17)21-24-18-5-3-14(11-19(18)25-21)23-7-2-9-28-10-8-22-13-28/h3-6,8,10-13,23H,2,7,9H2,1H3,(H,24,25)(H,26,27). The first-order valence-electron chi connectivity index (χ1n) is 9.52. The Kier molecular flexibility index (Phi) is 4.36. The van der Waals surface area contributed by atoms with Gasteiger partial charge in [0.05, 0.1) is 30.0 Å². The number of H-pyrrole nitrogens is 2. The number of rotatable bonds is 7. The molecule has 3 heterocycles. The summed E-state index contributed by atoms with van der Waals surface area (Å²) >= 11 is 0. The van der Waals surface area contributed by atoms with Gasteiger partial charge in [-0.25, -0.2) is 9.97 Å². The van der Waals surface area contributed by atoms with Crippen LogP contribution in [0, 0.1) is 0 Å². The molecule has 0 unspecified atom stereocenters. The molecule has 0 radical (unpaired) electrons. The lowest BCUT2D eigenvalue weighted by Gasteiger charge is -2.06. The zero-order valence-electron chi connectivity index (χ0n) is 16.0.